The molecule has 0 unspecified atom stereocenters. The summed E-state index contributed by atoms with van der Waals surface area (Å²) in [6, 6.07) is 9.55. The summed E-state index contributed by atoms with van der Waals surface area (Å²) in [6.45, 7) is 2.28. The van der Waals surface area contributed by atoms with Crippen LogP contribution < -0.4 is 0 Å². The fraction of sp³-hybridized carbons (Fsp3) is 0.474. The van der Waals surface area contributed by atoms with E-state index in [9.17, 15) is 9.90 Å². The smallest absolute Gasteiger partial charge is 0.253 e. The first-order valence-electron chi connectivity index (χ1n) is 8.68. The highest BCUT2D eigenvalue weighted by atomic mass is 16.3. The van der Waals surface area contributed by atoms with Crippen LogP contribution in [0.3, 0.4) is 0 Å². The third-order valence-electron chi connectivity index (χ3n) is 4.53. The van der Waals surface area contributed by atoms with E-state index < -0.39 is 5.60 Å². The molecule has 6 nitrogen and oxygen atoms in total. The molecule has 1 fully saturated rings. The average Bonchev–Trinajstić information content (AvgIpc) is 3.06. The van der Waals surface area contributed by atoms with Crippen molar-refractivity contribution in [3.63, 3.8) is 0 Å². The molecule has 2 heterocycles. The second-order valence-electron chi connectivity index (χ2n) is 7.20. The maximum absolute atomic E-state index is 12.9. The van der Waals surface area contributed by atoms with Gasteiger partial charge in [-0.2, -0.15) is 5.10 Å². The number of amides is 1. The largest absolute Gasteiger partial charge is 0.387 e. The standard InChI is InChI=1S/C19H26N4O2/c1-21(2)14-19(25)8-4-10-22(15-19)18(24)17-7-3-6-16(12-17)13-23-11-5-9-20-23/h3,5-7,9,11-12,25H,4,8,10,13-15H2,1-2H3/t19-/m0/s1. The first kappa shape index (κ1) is 17.6. The van der Waals surface area contributed by atoms with Crippen LogP contribution in [0, 0.1) is 0 Å². The third kappa shape index (κ3) is 4.46. The van der Waals surface area contributed by atoms with Crippen LogP contribution in [-0.4, -0.2) is 69.9 Å². The van der Waals surface area contributed by atoms with Crippen molar-refractivity contribution in [3.8, 4) is 0 Å². The van der Waals surface area contributed by atoms with E-state index in [1.165, 1.54) is 0 Å². The number of benzene rings is 1. The SMILES string of the molecule is CN(C)C[C@@]1(O)CCCN(C(=O)c2cccc(Cn3cccn3)c2)C1. The van der Waals surface area contributed by atoms with Crippen LogP contribution in [0.25, 0.3) is 0 Å². The lowest BCUT2D eigenvalue weighted by Crippen LogP contribution is -2.54. The number of hydrogen-bond acceptors (Lipinski definition) is 4. The molecule has 1 aliphatic heterocycles. The molecule has 134 valence electrons. The van der Waals surface area contributed by atoms with Gasteiger partial charge in [0, 0.05) is 31.0 Å². The van der Waals surface area contributed by atoms with Crippen LogP contribution >= 0.6 is 0 Å². The predicted octanol–water partition coefficient (Wildman–Crippen LogP) is 1.46. The van der Waals surface area contributed by atoms with Gasteiger partial charge in [0.2, 0.25) is 0 Å². The van der Waals surface area contributed by atoms with E-state index in [1.807, 2.05) is 60.2 Å². The molecule has 25 heavy (non-hydrogen) atoms. The number of aliphatic hydroxyl groups is 1. The molecule has 1 aliphatic rings. The Balaban J connectivity index is 1.72. The van der Waals surface area contributed by atoms with Gasteiger partial charge in [0.05, 0.1) is 18.7 Å². The molecule has 1 aromatic carbocycles. The van der Waals surface area contributed by atoms with Gasteiger partial charge in [0.15, 0.2) is 0 Å². The molecule has 0 bridgehead atoms. The zero-order chi connectivity index (χ0) is 17.9. The Morgan fingerprint density at radius 3 is 2.92 bits per heavy atom. The van der Waals surface area contributed by atoms with Gasteiger partial charge < -0.3 is 14.9 Å². The van der Waals surface area contributed by atoms with Gasteiger partial charge in [-0.3, -0.25) is 9.48 Å². The molecular formula is C19H26N4O2. The number of nitrogens with zero attached hydrogens (tertiary/aromatic N) is 4. The minimum atomic E-state index is -0.829. The number of hydrogen-bond donors (Lipinski definition) is 1. The van der Waals surface area contributed by atoms with Crippen molar-refractivity contribution in [1.82, 2.24) is 19.6 Å². The normalized spacial score (nSPS) is 20.9. The van der Waals surface area contributed by atoms with Gasteiger partial charge in [-0.25, -0.2) is 0 Å². The first-order chi connectivity index (χ1) is 12.0. The van der Waals surface area contributed by atoms with Crippen LogP contribution in [-0.2, 0) is 6.54 Å². The molecule has 1 saturated heterocycles. The minimum Gasteiger partial charge on any atom is -0.387 e. The predicted molar refractivity (Wildman–Crippen MR) is 96.4 cm³/mol. The molecule has 0 saturated carbocycles. The number of likely N-dealkylation sites (N-methyl/N-ethyl adjacent to an activating group) is 1. The van der Waals surface area contributed by atoms with Crippen molar-refractivity contribution in [3.05, 3.63) is 53.9 Å². The van der Waals surface area contributed by atoms with E-state index in [2.05, 4.69) is 5.10 Å². The topological polar surface area (TPSA) is 61.6 Å². The van der Waals surface area contributed by atoms with Crippen LogP contribution in [0.2, 0.25) is 0 Å². The lowest BCUT2D eigenvalue weighted by Gasteiger charge is -2.40. The Labute approximate surface area is 148 Å². The highest BCUT2D eigenvalue weighted by Gasteiger charge is 2.35. The van der Waals surface area contributed by atoms with Gasteiger partial charge in [-0.05, 0) is 50.7 Å². The fourth-order valence-electron chi connectivity index (χ4n) is 3.57. The minimum absolute atomic E-state index is 0.0146. The number of carbonyl (C=O) groups is 1. The molecule has 3 rings (SSSR count). The zero-order valence-electron chi connectivity index (χ0n) is 14.9. The molecule has 0 aliphatic carbocycles. The summed E-state index contributed by atoms with van der Waals surface area (Å²) in [5.74, 6) is -0.0146. The number of β-amino-alcohol motifs (C(OH)–C–C–N with tert-alkyl or cyclic N) is 1. The molecule has 1 amide bonds. The molecule has 0 radical (unpaired) electrons. The fourth-order valence-corrected chi connectivity index (χ4v) is 3.57. The monoisotopic (exact) mass is 342 g/mol. The number of aromatic nitrogens is 2. The first-order valence-corrected chi connectivity index (χ1v) is 8.68. The van der Waals surface area contributed by atoms with E-state index in [0.29, 0.717) is 31.7 Å². The van der Waals surface area contributed by atoms with Gasteiger partial charge >= 0.3 is 0 Å². The lowest BCUT2D eigenvalue weighted by atomic mass is 9.92. The summed E-state index contributed by atoms with van der Waals surface area (Å²) < 4.78 is 1.83. The summed E-state index contributed by atoms with van der Waals surface area (Å²) in [5.41, 5.74) is 0.873. The Hall–Kier alpha value is -2.18. The molecule has 1 aromatic heterocycles. The van der Waals surface area contributed by atoms with E-state index in [-0.39, 0.29) is 5.91 Å². The quantitative estimate of drug-likeness (QED) is 0.894. The summed E-state index contributed by atoms with van der Waals surface area (Å²) in [6.07, 6.45) is 5.20. The zero-order valence-corrected chi connectivity index (χ0v) is 14.9. The maximum Gasteiger partial charge on any atom is 0.253 e. The van der Waals surface area contributed by atoms with Crippen LogP contribution in [0.1, 0.15) is 28.8 Å². The number of likely N-dealkylation sites (tertiary alicyclic amines) is 1. The van der Waals surface area contributed by atoms with Crippen molar-refractivity contribution in [1.29, 1.82) is 0 Å². The van der Waals surface area contributed by atoms with Crippen LogP contribution in [0.15, 0.2) is 42.7 Å². The molecule has 1 N–H and O–H groups in total. The average molecular weight is 342 g/mol. The molecule has 0 spiro atoms. The van der Waals surface area contributed by atoms with Gasteiger partial charge in [0.1, 0.15) is 0 Å². The summed E-state index contributed by atoms with van der Waals surface area (Å²) in [4.78, 5) is 16.7. The molecule has 1 atom stereocenters. The summed E-state index contributed by atoms with van der Waals surface area (Å²) in [7, 11) is 3.88. The number of rotatable bonds is 5. The highest BCUT2D eigenvalue weighted by Crippen LogP contribution is 2.23. The third-order valence-corrected chi connectivity index (χ3v) is 4.53. The van der Waals surface area contributed by atoms with Crippen molar-refractivity contribution in [2.24, 2.45) is 0 Å². The van der Waals surface area contributed by atoms with Gasteiger partial charge in [-0.15, -0.1) is 0 Å². The Bertz CT molecular complexity index is 714. The number of piperidine rings is 1. The number of carbonyl (C=O) groups excluding carboxylic acids is 1. The van der Waals surface area contributed by atoms with Crippen molar-refractivity contribution in [2.45, 2.75) is 25.0 Å². The van der Waals surface area contributed by atoms with Crippen molar-refractivity contribution < 1.29 is 9.90 Å². The van der Waals surface area contributed by atoms with E-state index in [0.717, 1.165) is 18.4 Å². The van der Waals surface area contributed by atoms with Gasteiger partial charge in [-0.1, -0.05) is 12.1 Å². The molecular weight excluding hydrogens is 316 g/mol. The second-order valence-corrected chi connectivity index (χ2v) is 7.20. The van der Waals surface area contributed by atoms with Crippen LogP contribution in [0.5, 0.6) is 0 Å². The Morgan fingerprint density at radius 1 is 1.36 bits per heavy atom. The summed E-state index contributed by atoms with van der Waals surface area (Å²) in [5, 5.41) is 15.0. The molecule has 2 aromatic rings. The second kappa shape index (κ2) is 7.37. The molecule has 6 heteroatoms. The van der Waals surface area contributed by atoms with E-state index >= 15 is 0 Å². The highest BCUT2D eigenvalue weighted by molar-refractivity contribution is 5.94. The van der Waals surface area contributed by atoms with Gasteiger partial charge in [0.25, 0.3) is 5.91 Å². The van der Waals surface area contributed by atoms with Crippen molar-refractivity contribution >= 4 is 5.91 Å². The maximum atomic E-state index is 12.9. The lowest BCUT2D eigenvalue weighted by molar-refractivity contribution is -0.0391. The van der Waals surface area contributed by atoms with Crippen molar-refractivity contribution in [2.75, 3.05) is 33.7 Å². The van der Waals surface area contributed by atoms with E-state index in [1.54, 1.807) is 11.1 Å². The Kier molecular flexibility index (Phi) is 5.20. The van der Waals surface area contributed by atoms with E-state index in [4.69, 9.17) is 0 Å². The Morgan fingerprint density at radius 2 is 2.20 bits per heavy atom. The summed E-state index contributed by atoms with van der Waals surface area (Å²) >= 11 is 0. The van der Waals surface area contributed by atoms with Crippen LogP contribution in [0.4, 0.5) is 0 Å².